The smallest absolute Gasteiger partial charge is 0.307 e. The largest absolute Gasteiger partial charge is 0.459 e. The van der Waals surface area contributed by atoms with Gasteiger partial charge in [-0.25, -0.2) is 5.43 Å². The number of hydrogen-bond acceptors (Lipinski definition) is 3. The van der Waals surface area contributed by atoms with Crippen LogP contribution in [0.4, 0.5) is 0 Å². The molecule has 0 saturated carbocycles. The fourth-order valence-electron chi connectivity index (χ4n) is 3.12. The minimum atomic E-state index is -0.370. The van der Waals surface area contributed by atoms with Crippen LogP contribution in [0, 0.1) is 0 Å². The minimum absolute atomic E-state index is 0.235. The number of hydrogen-bond donors (Lipinski definition) is 1. The maximum Gasteiger partial charge on any atom is 0.307 e. The van der Waals surface area contributed by atoms with Crippen molar-refractivity contribution in [2.45, 2.75) is 13.5 Å². The molecule has 2 aromatic heterocycles. The molecule has 1 amide bonds. The summed E-state index contributed by atoms with van der Waals surface area (Å²) in [5, 5.41) is 6.42. The third kappa shape index (κ3) is 2.70. The van der Waals surface area contributed by atoms with E-state index in [9.17, 15) is 4.79 Å². The zero-order valence-corrected chi connectivity index (χ0v) is 13.8. The van der Waals surface area contributed by atoms with Gasteiger partial charge in [-0.15, -0.1) is 0 Å². The van der Waals surface area contributed by atoms with Gasteiger partial charge < -0.3 is 8.98 Å². The number of rotatable bonds is 4. The average molecular weight is 331 g/mol. The first-order valence-electron chi connectivity index (χ1n) is 8.16. The molecule has 1 N–H and O–H groups in total. The Bertz CT molecular complexity index is 1080. The molecule has 5 nitrogen and oxygen atoms in total. The zero-order chi connectivity index (χ0) is 17.2. The van der Waals surface area contributed by atoms with Gasteiger partial charge >= 0.3 is 5.91 Å². The molecule has 4 rings (SSSR count). The predicted molar refractivity (Wildman–Crippen MR) is 98.9 cm³/mol. The van der Waals surface area contributed by atoms with Gasteiger partial charge in [-0.2, -0.15) is 5.10 Å². The first-order valence-corrected chi connectivity index (χ1v) is 8.16. The van der Waals surface area contributed by atoms with E-state index in [4.69, 9.17) is 4.42 Å². The molecule has 2 heterocycles. The fourth-order valence-corrected chi connectivity index (χ4v) is 3.12. The highest BCUT2D eigenvalue weighted by atomic mass is 16.3. The summed E-state index contributed by atoms with van der Waals surface area (Å²) in [6.07, 6.45) is 3.09. The van der Waals surface area contributed by atoms with Crippen molar-refractivity contribution >= 4 is 33.9 Å². The molecule has 0 spiro atoms. The van der Waals surface area contributed by atoms with E-state index in [1.807, 2.05) is 12.1 Å². The molecule has 124 valence electrons. The highest BCUT2D eigenvalue weighted by Crippen LogP contribution is 2.29. The number of carbonyl (C=O) groups excluding carboxylic acids is 1. The normalized spacial score (nSPS) is 11.6. The topological polar surface area (TPSA) is 59.5 Å². The third-order valence-electron chi connectivity index (χ3n) is 4.24. The molecule has 4 aromatic rings. The van der Waals surface area contributed by atoms with Gasteiger partial charge in [-0.05, 0) is 42.8 Å². The molecule has 0 aliphatic heterocycles. The van der Waals surface area contributed by atoms with Gasteiger partial charge in [-0.1, -0.05) is 24.3 Å². The SMILES string of the molecule is CCn1c2ccccc2c2cc(/C=N/NC(=O)c3ccco3)ccc21. The second-order valence-electron chi connectivity index (χ2n) is 5.71. The van der Waals surface area contributed by atoms with Crippen molar-refractivity contribution in [1.29, 1.82) is 0 Å². The van der Waals surface area contributed by atoms with Gasteiger partial charge in [0.2, 0.25) is 0 Å². The van der Waals surface area contributed by atoms with Crippen molar-refractivity contribution in [3.63, 3.8) is 0 Å². The summed E-state index contributed by atoms with van der Waals surface area (Å²) in [5.74, 6) is -0.136. The highest BCUT2D eigenvalue weighted by molar-refractivity contribution is 6.09. The number of carbonyl (C=O) groups is 1. The summed E-state index contributed by atoms with van der Waals surface area (Å²) in [6.45, 7) is 3.06. The molecule has 0 aliphatic rings. The van der Waals surface area contributed by atoms with E-state index in [1.165, 1.54) is 28.1 Å². The van der Waals surface area contributed by atoms with Crippen molar-refractivity contribution in [1.82, 2.24) is 9.99 Å². The van der Waals surface area contributed by atoms with Crippen LogP contribution >= 0.6 is 0 Å². The van der Waals surface area contributed by atoms with Crippen LogP contribution in [-0.4, -0.2) is 16.7 Å². The van der Waals surface area contributed by atoms with E-state index in [1.54, 1.807) is 18.3 Å². The molecule has 0 fully saturated rings. The third-order valence-corrected chi connectivity index (χ3v) is 4.24. The van der Waals surface area contributed by atoms with Crippen molar-refractivity contribution < 1.29 is 9.21 Å². The van der Waals surface area contributed by atoms with Crippen LogP contribution in [0.2, 0.25) is 0 Å². The Kier molecular flexibility index (Phi) is 3.82. The summed E-state index contributed by atoms with van der Waals surface area (Å²) in [4.78, 5) is 11.8. The van der Waals surface area contributed by atoms with Crippen LogP contribution in [0.15, 0.2) is 70.4 Å². The quantitative estimate of drug-likeness (QED) is 0.451. The van der Waals surface area contributed by atoms with Crippen LogP contribution in [-0.2, 0) is 6.54 Å². The summed E-state index contributed by atoms with van der Waals surface area (Å²) < 4.78 is 7.33. The van der Waals surface area contributed by atoms with Crippen molar-refractivity contribution in [2.75, 3.05) is 0 Å². The van der Waals surface area contributed by atoms with Crippen LogP contribution < -0.4 is 5.43 Å². The summed E-state index contributed by atoms with van der Waals surface area (Å²) in [7, 11) is 0. The Morgan fingerprint density at radius 3 is 2.76 bits per heavy atom. The lowest BCUT2D eigenvalue weighted by Crippen LogP contribution is -2.16. The maximum absolute atomic E-state index is 11.8. The van der Waals surface area contributed by atoms with Crippen molar-refractivity contribution in [3.8, 4) is 0 Å². The number of aryl methyl sites for hydroxylation is 1. The first-order chi connectivity index (χ1) is 12.3. The van der Waals surface area contributed by atoms with Gasteiger partial charge in [0.25, 0.3) is 0 Å². The molecule has 25 heavy (non-hydrogen) atoms. The lowest BCUT2D eigenvalue weighted by molar-refractivity contribution is 0.0927. The average Bonchev–Trinajstić information content (AvgIpc) is 3.28. The van der Waals surface area contributed by atoms with Crippen molar-refractivity contribution in [3.05, 3.63) is 72.2 Å². The molecule has 0 saturated heterocycles. The second kappa shape index (κ2) is 6.28. The van der Waals surface area contributed by atoms with Crippen LogP contribution in [0.3, 0.4) is 0 Å². The number of fused-ring (bicyclic) bond motifs is 3. The Morgan fingerprint density at radius 2 is 1.96 bits per heavy atom. The van der Waals surface area contributed by atoms with Gasteiger partial charge in [0.05, 0.1) is 12.5 Å². The van der Waals surface area contributed by atoms with Gasteiger partial charge in [0.1, 0.15) is 0 Å². The summed E-state index contributed by atoms with van der Waals surface area (Å²) >= 11 is 0. The number of benzene rings is 2. The molecule has 0 radical (unpaired) electrons. The van der Waals surface area contributed by atoms with E-state index in [-0.39, 0.29) is 11.7 Å². The van der Waals surface area contributed by atoms with Crippen LogP contribution in [0.1, 0.15) is 23.0 Å². The first kappa shape index (κ1) is 15.2. The fraction of sp³-hybridized carbons (Fsp3) is 0.100. The van der Waals surface area contributed by atoms with Crippen molar-refractivity contribution in [2.24, 2.45) is 5.10 Å². The lowest BCUT2D eigenvalue weighted by atomic mass is 10.1. The molecule has 2 aromatic carbocycles. The molecular formula is C20H17N3O2. The Morgan fingerprint density at radius 1 is 1.12 bits per heavy atom. The standard InChI is InChI=1S/C20H17N3O2/c1-2-23-17-7-4-3-6-15(17)16-12-14(9-10-18(16)23)13-21-22-20(24)19-8-5-11-25-19/h3-13H,2H2,1H3,(H,22,24)/b21-13+. The molecule has 5 heteroatoms. The summed E-state index contributed by atoms with van der Waals surface area (Å²) in [5.41, 5.74) is 5.81. The highest BCUT2D eigenvalue weighted by Gasteiger charge is 2.09. The lowest BCUT2D eigenvalue weighted by Gasteiger charge is -2.02. The van der Waals surface area contributed by atoms with Crippen LogP contribution in [0.5, 0.6) is 0 Å². The van der Waals surface area contributed by atoms with Gasteiger partial charge in [0.15, 0.2) is 5.76 Å². The Labute approximate surface area is 144 Å². The molecule has 0 aliphatic carbocycles. The number of furan rings is 1. The number of hydrazone groups is 1. The van der Waals surface area contributed by atoms with Gasteiger partial charge in [-0.3, -0.25) is 4.79 Å². The number of nitrogens with zero attached hydrogens (tertiary/aromatic N) is 2. The number of nitrogens with one attached hydrogen (secondary N) is 1. The number of aromatic nitrogens is 1. The second-order valence-corrected chi connectivity index (χ2v) is 5.71. The van der Waals surface area contributed by atoms with E-state index in [2.05, 4.69) is 52.3 Å². The molecule has 0 unspecified atom stereocenters. The molecule has 0 atom stereocenters. The van der Waals surface area contributed by atoms with E-state index < -0.39 is 0 Å². The minimum Gasteiger partial charge on any atom is -0.459 e. The zero-order valence-electron chi connectivity index (χ0n) is 13.8. The predicted octanol–water partition coefficient (Wildman–Crippen LogP) is 4.17. The molecule has 0 bridgehead atoms. The Balaban J connectivity index is 1.66. The maximum atomic E-state index is 11.8. The van der Waals surface area contributed by atoms with E-state index >= 15 is 0 Å². The number of amides is 1. The number of para-hydroxylation sites is 1. The molecular weight excluding hydrogens is 314 g/mol. The van der Waals surface area contributed by atoms with E-state index in [0.29, 0.717) is 0 Å². The van der Waals surface area contributed by atoms with Crippen LogP contribution in [0.25, 0.3) is 21.8 Å². The summed E-state index contributed by atoms with van der Waals surface area (Å²) in [6, 6.07) is 17.8. The Hall–Kier alpha value is -3.34. The van der Waals surface area contributed by atoms with E-state index in [0.717, 1.165) is 12.1 Å². The van der Waals surface area contributed by atoms with Gasteiger partial charge in [0, 0.05) is 28.4 Å². The monoisotopic (exact) mass is 331 g/mol.